The van der Waals surface area contributed by atoms with Crippen LogP contribution in [-0.4, -0.2) is 90.9 Å². The summed E-state index contributed by atoms with van der Waals surface area (Å²) in [6.07, 6.45) is 2.96. The molecule has 1 fully saturated rings. The Balaban J connectivity index is 1.41. The average molecular weight is 770 g/mol. The van der Waals surface area contributed by atoms with E-state index in [0.717, 1.165) is 16.7 Å². The zero-order chi connectivity index (χ0) is 39.1. The Morgan fingerprint density at radius 3 is 2.56 bits per heavy atom. The Morgan fingerprint density at radius 1 is 1.13 bits per heavy atom. The van der Waals surface area contributed by atoms with E-state index in [9.17, 15) is 24.8 Å². The number of hydrogen-bond donors (Lipinski definition) is 1. The Kier molecular flexibility index (Phi) is 10.7. The molecular weight excluding hydrogens is 727 g/mol. The fourth-order valence-electron chi connectivity index (χ4n) is 8.81. The van der Waals surface area contributed by atoms with Crippen molar-refractivity contribution in [2.24, 2.45) is 0 Å². The number of carbonyl (C=O) groups is 3. The molecule has 0 saturated carbocycles. The van der Waals surface area contributed by atoms with Crippen LogP contribution in [0.4, 0.5) is 0 Å². The number of carbonyl (C=O) groups excluding carboxylic acids is 3. The summed E-state index contributed by atoms with van der Waals surface area (Å²) >= 11 is 1.47. The highest BCUT2D eigenvalue weighted by molar-refractivity contribution is 7.99. The predicted octanol–water partition coefficient (Wildman–Crippen LogP) is 5.49. The van der Waals surface area contributed by atoms with E-state index in [2.05, 4.69) is 15.9 Å². The lowest BCUT2D eigenvalue weighted by atomic mass is 9.71. The van der Waals surface area contributed by atoms with Crippen molar-refractivity contribution in [2.75, 3.05) is 33.3 Å². The smallest absolute Gasteiger partial charge is 0.331 e. The first-order valence-electron chi connectivity index (χ1n) is 18.0. The van der Waals surface area contributed by atoms with Gasteiger partial charge in [0.1, 0.15) is 24.5 Å². The number of fused-ring (bicyclic) bond motifs is 9. The van der Waals surface area contributed by atoms with Crippen molar-refractivity contribution in [3.8, 4) is 34.8 Å². The SMILES string of the molecule is COc1c(C)cc2c(c1O)[C@H]1C3[C@H](SC[C@@H](C)OC(=O)/C=C/c4ccccc4)c4c(OC(C)=O)c(C)c5c(c4[C@H](COC=O)N3[C@@H](C#N)[C@H](C2)N1C)OCO5. The Bertz CT molecular complexity index is 2080. The standard InChI is InChI=1S/C41H43N3O10S/c1-21-14-26-15-27-28(16-42)44-29(17-50-19-45)32-33(38(54-24(4)46)23(3)39-40(32)52-20-51-39)41(35(44)34(43(27)5)31(26)36(48)37(21)49-6)55-18-22(2)53-30(47)13-12-25-10-8-7-9-11-25/h7-14,19,22,27-29,34-35,41,48H,15,17-18,20H2,1-6H3/b13-12+/t22-,27+,28+,29+,34+,35?,41-/m1/s1. The van der Waals surface area contributed by atoms with Gasteiger partial charge in [-0.05, 0) is 57.0 Å². The molecule has 55 heavy (non-hydrogen) atoms. The second-order valence-corrected chi connectivity index (χ2v) is 15.3. The lowest BCUT2D eigenvalue weighted by molar-refractivity contribution is -0.141. The van der Waals surface area contributed by atoms with Crippen molar-refractivity contribution in [2.45, 2.75) is 75.7 Å². The summed E-state index contributed by atoms with van der Waals surface area (Å²) in [6, 6.07) is 11.1. The lowest BCUT2D eigenvalue weighted by Gasteiger charge is -2.61. The summed E-state index contributed by atoms with van der Waals surface area (Å²) in [5.74, 6) is 0.681. The van der Waals surface area contributed by atoms with E-state index in [0.29, 0.717) is 58.1 Å². The number of nitrogens with zero attached hydrogens (tertiary/aromatic N) is 3. The van der Waals surface area contributed by atoms with Gasteiger partial charge in [-0.15, -0.1) is 11.8 Å². The van der Waals surface area contributed by atoms with Gasteiger partial charge in [-0.25, -0.2) is 4.79 Å². The van der Waals surface area contributed by atoms with Crippen LogP contribution in [0, 0.1) is 25.2 Å². The van der Waals surface area contributed by atoms with Crippen LogP contribution in [0.5, 0.6) is 28.7 Å². The van der Waals surface area contributed by atoms with Crippen LogP contribution in [0.2, 0.25) is 0 Å². The minimum absolute atomic E-state index is 0.00738. The lowest BCUT2D eigenvalue weighted by Crippen LogP contribution is -2.69. The van der Waals surface area contributed by atoms with Gasteiger partial charge in [-0.1, -0.05) is 36.4 Å². The van der Waals surface area contributed by atoms with Gasteiger partial charge in [0.15, 0.2) is 23.0 Å². The number of rotatable bonds is 11. The summed E-state index contributed by atoms with van der Waals surface area (Å²) in [5, 5.41) is 22.4. The largest absolute Gasteiger partial charge is 0.504 e. The zero-order valence-corrected chi connectivity index (χ0v) is 32.3. The third-order valence-electron chi connectivity index (χ3n) is 10.9. The minimum Gasteiger partial charge on any atom is -0.504 e. The molecule has 4 aliphatic heterocycles. The molecule has 2 bridgehead atoms. The summed E-state index contributed by atoms with van der Waals surface area (Å²) in [5.41, 5.74) is 4.91. The average Bonchev–Trinajstić information content (AvgIpc) is 3.65. The summed E-state index contributed by atoms with van der Waals surface area (Å²) in [7, 11) is 3.46. The maximum absolute atomic E-state index is 13.0. The fourth-order valence-corrected chi connectivity index (χ4v) is 10.2. The zero-order valence-electron chi connectivity index (χ0n) is 31.4. The highest BCUT2D eigenvalue weighted by atomic mass is 32.2. The third-order valence-corrected chi connectivity index (χ3v) is 12.4. The Morgan fingerprint density at radius 2 is 1.87 bits per heavy atom. The second-order valence-electron chi connectivity index (χ2n) is 14.2. The van der Waals surface area contributed by atoms with Crippen molar-refractivity contribution in [1.29, 1.82) is 5.26 Å². The quantitative estimate of drug-likeness (QED) is 0.113. The van der Waals surface area contributed by atoms with Crippen LogP contribution in [0.3, 0.4) is 0 Å². The van der Waals surface area contributed by atoms with E-state index in [1.807, 2.05) is 50.4 Å². The molecule has 0 amide bonds. The molecule has 288 valence electrons. The summed E-state index contributed by atoms with van der Waals surface area (Å²) in [6.45, 7) is 6.91. The van der Waals surface area contributed by atoms with Gasteiger partial charge >= 0.3 is 11.9 Å². The molecule has 1 unspecified atom stereocenters. The van der Waals surface area contributed by atoms with Gasteiger partial charge in [-0.3, -0.25) is 19.4 Å². The molecule has 7 rings (SSSR count). The van der Waals surface area contributed by atoms with Crippen molar-refractivity contribution in [3.05, 3.63) is 81.4 Å². The van der Waals surface area contributed by atoms with Gasteiger partial charge < -0.3 is 33.5 Å². The van der Waals surface area contributed by atoms with Crippen LogP contribution in [0.15, 0.2) is 42.5 Å². The number of hydrogen-bond acceptors (Lipinski definition) is 14. The van der Waals surface area contributed by atoms with Crippen LogP contribution < -0.4 is 18.9 Å². The Hall–Kier alpha value is -5.23. The molecule has 4 aliphatic rings. The van der Waals surface area contributed by atoms with Crippen LogP contribution >= 0.6 is 11.8 Å². The number of benzene rings is 3. The first kappa shape index (κ1) is 38.1. The molecule has 0 radical (unpaired) electrons. The molecular formula is C41H43N3O10S. The number of aromatic hydroxyl groups is 1. The van der Waals surface area contributed by atoms with Crippen molar-refractivity contribution in [1.82, 2.24) is 9.80 Å². The number of phenols is 1. The molecule has 0 aliphatic carbocycles. The predicted molar refractivity (Wildman–Crippen MR) is 202 cm³/mol. The number of piperazine rings is 1. The van der Waals surface area contributed by atoms with E-state index in [1.165, 1.54) is 31.9 Å². The molecule has 7 atom stereocenters. The maximum Gasteiger partial charge on any atom is 0.331 e. The number of likely N-dealkylation sites (N-methyl/N-ethyl adjacent to an activating group) is 1. The molecule has 0 aromatic heterocycles. The van der Waals surface area contributed by atoms with E-state index < -0.39 is 47.5 Å². The maximum atomic E-state index is 13.0. The van der Waals surface area contributed by atoms with Gasteiger partial charge in [0.25, 0.3) is 6.47 Å². The van der Waals surface area contributed by atoms with Crippen LogP contribution in [0.25, 0.3) is 6.08 Å². The number of thioether (sulfide) groups is 1. The number of ether oxygens (including phenoxy) is 6. The van der Waals surface area contributed by atoms with E-state index in [1.54, 1.807) is 19.9 Å². The summed E-state index contributed by atoms with van der Waals surface area (Å²) in [4.78, 5) is 41.9. The van der Waals surface area contributed by atoms with Gasteiger partial charge in [0, 0.05) is 53.1 Å². The third kappa shape index (κ3) is 6.64. The van der Waals surface area contributed by atoms with E-state index >= 15 is 0 Å². The Labute approximate surface area is 323 Å². The van der Waals surface area contributed by atoms with Gasteiger partial charge in [0.2, 0.25) is 6.79 Å². The first-order valence-corrected chi connectivity index (χ1v) is 19.1. The first-order chi connectivity index (χ1) is 26.5. The van der Waals surface area contributed by atoms with E-state index in [-0.39, 0.29) is 30.9 Å². The molecule has 0 spiro atoms. The normalized spacial score (nSPS) is 24.2. The number of nitriles is 1. The van der Waals surface area contributed by atoms with Crippen LogP contribution in [0.1, 0.15) is 70.1 Å². The van der Waals surface area contributed by atoms with Crippen molar-refractivity contribution < 1.29 is 47.9 Å². The highest BCUT2D eigenvalue weighted by Gasteiger charge is 2.60. The van der Waals surface area contributed by atoms with Gasteiger partial charge in [0.05, 0.1) is 30.5 Å². The molecule has 13 nitrogen and oxygen atoms in total. The highest BCUT2D eigenvalue weighted by Crippen LogP contribution is 2.63. The monoisotopic (exact) mass is 769 g/mol. The number of phenolic OH excluding ortho intramolecular Hbond substituents is 1. The fraction of sp³-hybridized carbons (Fsp3) is 0.415. The number of esters is 2. The topological polar surface area (TPSA) is 157 Å². The molecule has 1 saturated heterocycles. The van der Waals surface area contributed by atoms with Crippen molar-refractivity contribution in [3.63, 3.8) is 0 Å². The summed E-state index contributed by atoms with van der Waals surface area (Å²) < 4.78 is 35.2. The van der Waals surface area contributed by atoms with Gasteiger partial charge in [-0.2, -0.15) is 5.26 Å². The van der Waals surface area contributed by atoms with E-state index in [4.69, 9.17) is 28.4 Å². The van der Waals surface area contributed by atoms with Crippen molar-refractivity contribution >= 4 is 36.2 Å². The number of methoxy groups -OCH3 is 1. The molecule has 3 aromatic rings. The molecule has 3 aromatic carbocycles. The van der Waals surface area contributed by atoms with Crippen LogP contribution in [-0.2, 0) is 30.3 Å². The molecule has 1 N–H and O–H groups in total. The molecule has 14 heteroatoms. The minimum atomic E-state index is -0.745. The molecule has 4 heterocycles. The number of aryl methyl sites for hydroxylation is 1. The second kappa shape index (κ2) is 15.5.